The SMILES string of the molecule is CC(C)[C@@H]1C(N2C(=O)C=CC2=O)[C@@H](C(C)C)[C@@H](C(C)C)[C@@H]1C(C)C. The van der Waals surface area contributed by atoms with E-state index in [4.69, 9.17) is 0 Å². The number of carbonyl (C=O) groups excluding carboxylic acids is 2. The van der Waals surface area contributed by atoms with Gasteiger partial charge in [0.25, 0.3) is 11.8 Å². The number of carbonyl (C=O) groups is 2. The topological polar surface area (TPSA) is 37.4 Å². The second-order valence-electron chi connectivity index (χ2n) is 9.16. The minimum absolute atomic E-state index is 0.0276. The summed E-state index contributed by atoms with van der Waals surface area (Å²) in [6.07, 6.45) is 2.90. The average Bonchev–Trinajstić information content (AvgIpc) is 2.96. The molecule has 0 aromatic rings. The Morgan fingerprint density at radius 1 is 0.625 bits per heavy atom. The lowest BCUT2D eigenvalue weighted by Crippen LogP contribution is -2.49. The van der Waals surface area contributed by atoms with Crippen LogP contribution in [0.3, 0.4) is 0 Å². The third-order valence-corrected chi connectivity index (χ3v) is 6.34. The first-order valence-electron chi connectivity index (χ1n) is 9.64. The highest BCUT2D eigenvalue weighted by Crippen LogP contribution is 2.55. The maximum Gasteiger partial charge on any atom is 0.253 e. The van der Waals surface area contributed by atoms with E-state index in [9.17, 15) is 9.59 Å². The molecule has 24 heavy (non-hydrogen) atoms. The van der Waals surface area contributed by atoms with E-state index in [1.54, 1.807) is 4.90 Å². The zero-order chi connectivity index (χ0) is 18.3. The Morgan fingerprint density at radius 3 is 1.17 bits per heavy atom. The lowest BCUT2D eigenvalue weighted by Gasteiger charge is -2.37. The molecule has 2 aliphatic rings. The molecule has 0 radical (unpaired) electrons. The van der Waals surface area contributed by atoms with Crippen molar-refractivity contribution in [3.05, 3.63) is 12.2 Å². The lowest BCUT2D eigenvalue weighted by atomic mass is 9.70. The summed E-state index contributed by atoms with van der Waals surface area (Å²) in [5.74, 6) is 3.61. The van der Waals surface area contributed by atoms with Gasteiger partial charge in [-0.05, 0) is 47.3 Å². The largest absolute Gasteiger partial charge is 0.272 e. The average molecular weight is 334 g/mol. The molecule has 1 saturated carbocycles. The predicted octanol–water partition coefficient (Wildman–Crippen LogP) is 4.38. The molecule has 0 aromatic heterocycles. The molecule has 0 aromatic carbocycles. The number of imide groups is 1. The maximum atomic E-state index is 12.5. The fourth-order valence-electron chi connectivity index (χ4n) is 5.73. The van der Waals surface area contributed by atoms with E-state index in [0.29, 0.717) is 47.3 Å². The maximum absolute atomic E-state index is 12.5. The van der Waals surface area contributed by atoms with Crippen LogP contribution in [0.5, 0.6) is 0 Å². The molecule has 0 saturated heterocycles. The molecular weight excluding hydrogens is 298 g/mol. The Hall–Kier alpha value is -1.12. The van der Waals surface area contributed by atoms with Crippen LogP contribution in [-0.4, -0.2) is 22.8 Å². The van der Waals surface area contributed by atoms with Gasteiger partial charge >= 0.3 is 0 Å². The molecule has 3 nitrogen and oxygen atoms in total. The fourth-order valence-corrected chi connectivity index (χ4v) is 5.73. The van der Waals surface area contributed by atoms with Gasteiger partial charge in [0.1, 0.15) is 0 Å². The Kier molecular flexibility index (Phi) is 5.61. The molecule has 3 heteroatoms. The summed E-state index contributed by atoms with van der Waals surface area (Å²) in [4.78, 5) is 26.5. The summed E-state index contributed by atoms with van der Waals surface area (Å²) in [5.41, 5.74) is 0. The number of hydrogen-bond acceptors (Lipinski definition) is 2. The third kappa shape index (κ3) is 3.07. The van der Waals surface area contributed by atoms with Gasteiger partial charge in [-0.15, -0.1) is 0 Å². The Balaban J connectivity index is 2.58. The summed E-state index contributed by atoms with van der Waals surface area (Å²) < 4.78 is 0. The van der Waals surface area contributed by atoms with E-state index in [0.717, 1.165) is 0 Å². The first-order chi connectivity index (χ1) is 11.1. The summed E-state index contributed by atoms with van der Waals surface area (Å²) in [5, 5.41) is 0. The minimum Gasteiger partial charge on any atom is -0.272 e. The van der Waals surface area contributed by atoms with Gasteiger partial charge in [0, 0.05) is 18.2 Å². The molecule has 1 heterocycles. The van der Waals surface area contributed by atoms with E-state index >= 15 is 0 Å². The van der Waals surface area contributed by atoms with E-state index in [-0.39, 0.29) is 17.9 Å². The monoisotopic (exact) mass is 333 g/mol. The van der Waals surface area contributed by atoms with E-state index in [2.05, 4.69) is 55.4 Å². The molecule has 1 aliphatic carbocycles. The second-order valence-corrected chi connectivity index (χ2v) is 9.16. The smallest absolute Gasteiger partial charge is 0.253 e. The van der Waals surface area contributed by atoms with Crippen molar-refractivity contribution >= 4 is 11.8 Å². The summed E-state index contributed by atoms with van der Waals surface area (Å²) in [6, 6.07) is 0.0276. The van der Waals surface area contributed by atoms with Crippen LogP contribution < -0.4 is 0 Å². The van der Waals surface area contributed by atoms with Crippen molar-refractivity contribution in [1.29, 1.82) is 0 Å². The fraction of sp³-hybridized carbons (Fsp3) is 0.810. The van der Waals surface area contributed by atoms with Crippen LogP contribution in [0.2, 0.25) is 0 Å². The van der Waals surface area contributed by atoms with Crippen molar-refractivity contribution in [2.24, 2.45) is 47.3 Å². The highest BCUT2D eigenvalue weighted by Gasteiger charge is 2.57. The number of amides is 2. The van der Waals surface area contributed by atoms with Gasteiger partial charge in [0.15, 0.2) is 0 Å². The molecule has 1 fully saturated rings. The van der Waals surface area contributed by atoms with Crippen molar-refractivity contribution in [3.8, 4) is 0 Å². The molecule has 4 atom stereocenters. The Labute approximate surface area is 147 Å². The van der Waals surface area contributed by atoms with Crippen LogP contribution in [0.25, 0.3) is 0 Å². The molecule has 0 spiro atoms. The minimum atomic E-state index is -0.117. The quantitative estimate of drug-likeness (QED) is 0.700. The second kappa shape index (κ2) is 7.01. The van der Waals surface area contributed by atoms with Crippen molar-refractivity contribution in [2.75, 3.05) is 0 Å². The first kappa shape index (κ1) is 19.2. The standard InChI is InChI=1S/C21H35NO2/c1-11(2)17-18(12(3)4)20(14(7)8)21(19(17)13(5)6)22-15(23)9-10-16(22)24/h9-14,17-21H,1-8H3/t17-,18-,19-,20-/m0/s1. The van der Waals surface area contributed by atoms with Crippen LogP contribution in [0.4, 0.5) is 0 Å². The van der Waals surface area contributed by atoms with Crippen LogP contribution in [-0.2, 0) is 9.59 Å². The van der Waals surface area contributed by atoms with Gasteiger partial charge in [-0.2, -0.15) is 0 Å². The highest BCUT2D eigenvalue weighted by atomic mass is 16.2. The molecular formula is C21H35NO2. The van der Waals surface area contributed by atoms with Gasteiger partial charge in [0.05, 0.1) is 0 Å². The Bertz CT molecular complexity index is 474. The molecule has 1 aliphatic heterocycles. The van der Waals surface area contributed by atoms with E-state index in [1.165, 1.54) is 12.2 Å². The third-order valence-electron chi connectivity index (χ3n) is 6.34. The Morgan fingerprint density at radius 2 is 0.917 bits per heavy atom. The number of rotatable bonds is 5. The van der Waals surface area contributed by atoms with Gasteiger partial charge in [-0.1, -0.05) is 55.4 Å². The highest BCUT2D eigenvalue weighted by molar-refractivity contribution is 6.13. The normalized spacial score (nSPS) is 34.0. The molecule has 0 N–H and O–H groups in total. The van der Waals surface area contributed by atoms with Crippen LogP contribution in [0.15, 0.2) is 12.2 Å². The zero-order valence-electron chi connectivity index (χ0n) is 16.6. The number of nitrogens with zero attached hydrogens (tertiary/aromatic N) is 1. The molecule has 2 amide bonds. The van der Waals surface area contributed by atoms with Crippen LogP contribution >= 0.6 is 0 Å². The van der Waals surface area contributed by atoms with Gasteiger partial charge in [-0.3, -0.25) is 14.5 Å². The summed E-state index contributed by atoms with van der Waals surface area (Å²) >= 11 is 0. The molecule has 2 rings (SSSR count). The van der Waals surface area contributed by atoms with E-state index < -0.39 is 0 Å². The first-order valence-corrected chi connectivity index (χ1v) is 9.64. The van der Waals surface area contributed by atoms with Crippen molar-refractivity contribution in [3.63, 3.8) is 0 Å². The molecule has 136 valence electrons. The summed E-state index contributed by atoms with van der Waals surface area (Å²) in [6.45, 7) is 18.2. The van der Waals surface area contributed by atoms with Gasteiger partial charge in [0.2, 0.25) is 0 Å². The van der Waals surface area contributed by atoms with Gasteiger partial charge in [-0.25, -0.2) is 0 Å². The van der Waals surface area contributed by atoms with Crippen LogP contribution in [0.1, 0.15) is 55.4 Å². The predicted molar refractivity (Wildman–Crippen MR) is 98.1 cm³/mol. The van der Waals surface area contributed by atoms with Crippen molar-refractivity contribution in [2.45, 2.75) is 61.4 Å². The van der Waals surface area contributed by atoms with Crippen molar-refractivity contribution < 1.29 is 9.59 Å². The molecule has 0 bridgehead atoms. The van der Waals surface area contributed by atoms with Crippen LogP contribution in [0, 0.1) is 47.3 Å². The van der Waals surface area contributed by atoms with Gasteiger partial charge < -0.3 is 0 Å². The van der Waals surface area contributed by atoms with Crippen molar-refractivity contribution in [1.82, 2.24) is 4.90 Å². The molecule has 0 unspecified atom stereocenters. The van der Waals surface area contributed by atoms with E-state index in [1.807, 2.05) is 0 Å². The number of hydrogen-bond donors (Lipinski definition) is 0. The zero-order valence-corrected chi connectivity index (χ0v) is 16.6. The lowest BCUT2D eigenvalue weighted by molar-refractivity contribution is -0.142. The summed E-state index contributed by atoms with van der Waals surface area (Å²) in [7, 11) is 0.